The monoisotopic (exact) mass is 583 g/mol. The molecular weight excluding hydrogens is 546 g/mol. The predicted molar refractivity (Wildman–Crippen MR) is 152 cm³/mol. The van der Waals surface area contributed by atoms with Crippen LogP contribution in [0.5, 0.6) is 11.5 Å². The third kappa shape index (κ3) is 6.72. The summed E-state index contributed by atoms with van der Waals surface area (Å²) in [5.74, 6) is -3.15. The number of aliphatic hydroxyl groups is 1. The van der Waals surface area contributed by atoms with E-state index in [0.717, 1.165) is 10.0 Å². The fraction of sp³-hybridized carbons (Fsp3) is 0.400. The van der Waals surface area contributed by atoms with Crippen LogP contribution in [0.25, 0.3) is 5.70 Å². The molecule has 0 spiro atoms. The van der Waals surface area contributed by atoms with Crippen LogP contribution in [-0.4, -0.2) is 94.9 Å². The molecule has 0 saturated carbocycles. The molecule has 0 aromatic heterocycles. The number of hydrazine groups is 1. The molecule has 0 bridgehead atoms. The van der Waals surface area contributed by atoms with Crippen molar-refractivity contribution in [2.45, 2.75) is 45.4 Å². The molecule has 2 N–H and O–H groups in total. The zero-order valence-corrected chi connectivity index (χ0v) is 24.5. The molecule has 0 radical (unpaired) electrons. The summed E-state index contributed by atoms with van der Waals surface area (Å²) >= 11 is 0. The number of carbonyl (C=O) groups is 4. The second kappa shape index (κ2) is 14.0. The van der Waals surface area contributed by atoms with E-state index in [2.05, 4.69) is 0 Å². The highest BCUT2D eigenvalue weighted by Crippen LogP contribution is 2.37. The third-order valence-corrected chi connectivity index (χ3v) is 6.87. The standard InChI is InChI=1S/C30H37N3O9/c1-18(2)27-29(37)33(32(19(3)34)22(28(36)30(38)39)14-20-10-8-7-9-11-20)23(16-31(27)26(35)17-40-4)21-12-13-24(41-5)25(15-21)42-6/h7-13,15-16,18,22,27-28,36H,14,17H2,1-6H3,(H,38,39)/t22-,27?,28?/m0/s1. The lowest BCUT2D eigenvalue weighted by Crippen LogP contribution is -2.64. The molecule has 1 aliphatic heterocycles. The highest BCUT2D eigenvalue weighted by atomic mass is 16.5. The molecule has 42 heavy (non-hydrogen) atoms. The number of rotatable bonds is 12. The number of carbonyl (C=O) groups excluding carboxylic acids is 3. The Morgan fingerprint density at radius 3 is 2.17 bits per heavy atom. The largest absolute Gasteiger partial charge is 0.493 e. The van der Waals surface area contributed by atoms with Crippen LogP contribution in [0.4, 0.5) is 0 Å². The number of ether oxygens (including phenoxy) is 3. The average Bonchev–Trinajstić information content (AvgIpc) is 2.96. The van der Waals surface area contributed by atoms with Gasteiger partial charge < -0.3 is 29.3 Å². The molecule has 0 fully saturated rings. The number of hydrogen-bond acceptors (Lipinski definition) is 8. The molecule has 0 aliphatic carbocycles. The summed E-state index contributed by atoms with van der Waals surface area (Å²) in [6, 6.07) is 11.0. The van der Waals surface area contributed by atoms with Crippen LogP contribution in [0.2, 0.25) is 0 Å². The summed E-state index contributed by atoms with van der Waals surface area (Å²) < 4.78 is 15.9. The van der Waals surface area contributed by atoms with Crippen molar-refractivity contribution in [3.63, 3.8) is 0 Å². The molecule has 3 amide bonds. The van der Waals surface area contributed by atoms with Gasteiger partial charge in [-0.1, -0.05) is 44.2 Å². The minimum atomic E-state index is -2.06. The van der Waals surface area contributed by atoms with Gasteiger partial charge in [-0.15, -0.1) is 0 Å². The van der Waals surface area contributed by atoms with Gasteiger partial charge in [-0.2, -0.15) is 0 Å². The minimum absolute atomic E-state index is 0.0770. The van der Waals surface area contributed by atoms with Crippen molar-refractivity contribution in [3.8, 4) is 11.5 Å². The summed E-state index contributed by atoms with van der Waals surface area (Å²) in [4.78, 5) is 54.4. The second-order valence-electron chi connectivity index (χ2n) is 10.1. The van der Waals surface area contributed by atoms with Crippen LogP contribution in [0.15, 0.2) is 54.7 Å². The van der Waals surface area contributed by atoms with Crippen LogP contribution in [0, 0.1) is 5.92 Å². The number of amides is 3. The first-order valence-corrected chi connectivity index (χ1v) is 13.3. The lowest BCUT2D eigenvalue weighted by atomic mass is 9.96. The first kappa shape index (κ1) is 32.1. The van der Waals surface area contributed by atoms with Crippen molar-refractivity contribution in [3.05, 3.63) is 65.9 Å². The summed E-state index contributed by atoms with van der Waals surface area (Å²) in [5, 5.41) is 22.8. The Balaban J connectivity index is 2.33. The fourth-order valence-electron chi connectivity index (χ4n) is 4.95. The Morgan fingerprint density at radius 2 is 1.64 bits per heavy atom. The van der Waals surface area contributed by atoms with E-state index < -0.39 is 47.8 Å². The van der Waals surface area contributed by atoms with E-state index >= 15 is 0 Å². The zero-order valence-electron chi connectivity index (χ0n) is 24.5. The molecule has 12 nitrogen and oxygen atoms in total. The number of carboxylic acids is 1. The first-order chi connectivity index (χ1) is 20.0. The summed E-state index contributed by atoms with van der Waals surface area (Å²) in [6.07, 6.45) is -0.716. The SMILES string of the molecule is COCC(=O)N1C=C(c2ccc(OC)c(OC)c2)N(N(C(C)=O)[C@@H](Cc2ccccc2)C(O)C(=O)O)C(=O)C1C(C)C. The van der Waals surface area contributed by atoms with E-state index in [1.807, 2.05) is 0 Å². The van der Waals surface area contributed by atoms with Gasteiger partial charge >= 0.3 is 5.97 Å². The Bertz CT molecular complexity index is 1330. The van der Waals surface area contributed by atoms with Crippen molar-refractivity contribution >= 4 is 29.4 Å². The number of benzene rings is 2. The van der Waals surface area contributed by atoms with Gasteiger partial charge in [-0.25, -0.2) is 14.8 Å². The minimum Gasteiger partial charge on any atom is -0.493 e. The third-order valence-electron chi connectivity index (χ3n) is 6.87. The van der Waals surface area contributed by atoms with E-state index in [1.54, 1.807) is 62.4 Å². The highest BCUT2D eigenvalue weighted by Gasteiger charge is 2.47. The lowest BCUT2D eigenvalue weighted by molar-refractivity contribution is -0.175. The highest BCUT2D eigenvalue weighted by molar-refractivity contribution is 5.99. The maximum absolute atomic E-state index is 14.4. The molecule has 3 rings (SSSR count). The van der Waals surface area contributed by atoms with Gasteiger partial charge in [-0.3, -0.25) is 14.4 Å². The van der Waals surface area contributed by atoms with E-state index in [4.69, 9.17) is 14.2 Å². The number of hydrogen-bond donors (Lipinski definition) is 2. The van der Waals surface area contributed by atoms with Crippen LogP contribution in [0.1, 0.15) is 31.9 Å². The van der Waals surface area contributed by atoms with Crippen LogP contribution < -0.4 is 9.47 Å². The molecule has 12 heteroatoms. The van der Waals surface area contributed by atoms with E-state index in [9.17, 15) is 29.4 Å². The number of carboxylic acid groups (broad SMARTS) is 1. The lowest BCUT2D eigenvalue weighted by Gasteiger charge is -2.47. The number of aliphatic hydroxyl groups excluding tert-OH is 1. The molecule has 226 valence electrons. The Hall–Kier alpha value is -4.42. The molecule has 1 aliphatic rings. The van der Waals surface area contributed by atoms with Gasteiger partial charge in [0.15, 0.2) is 17.6 Å². The van der Waals surface area contributed by atoms with Crippen molar-refractivity contribution in [2.75, 3.05) is 27.9 Å². The van der Waals surface area contributed by atoms with E-state index in [-0.39, 0.29) is 18.7 Å². The van der Waals surface area contributed by atoms with Gasteiger partial charge in [-0.05, 0) is 36.1 Å². The molecule has 0 saturated heterocycles. The predicted octanol–water partition coefficient (Wildman–Crippen LogP) is 2.16. The maximum atomic E-state index is 14.4. The second-order valence-corrected chi connectivity index (χ2v) is 10.1. The number of aliphatic carboxylic acids is 1. The topological polar surface area (TPSA) is 146 Å². The molecule has 3 atom stereocenters. The van der Waals surface area contributed by atoms with Gasteiger partial charge in [0.05, 0.1) is 26.0 Å². The molecule has 1 heterocycles. The van der Waals surface area contributed by atoms with Gasteiger partial charge in [0.1, 0.15) is 12.6 Å². The first-order valence-electron chi connectivity index (χ1n) is 13.3. The van der Waals surface area contributed by atoms with E-state index in [1.165, 1.54) is 39.4 Å². The van der Waals surface area contributed by atoms with Crippen LogP contribution >= 0.6 is 0 Å². The van der Waals surface area contributed by atoms with E-state index in [0.29, 0.717) is 22.6 Å². The van der Waals surface area contributed by atoms with Crippen molar-refractivity contribution in [1.82, 2.24) is 14.9 Å². The zero-order chi connectivity index (χ0) is 31.1. The Labute approximate surface area is 244 Å². The van der Waals surface area contributed by atoms with Crippen molar-refractivity contribution < 1.29 is 43.6 Å². The van der Waals surface area contributed by atoms with Crippen LogP contribution in [-0.2, 0) is 30.3 Å². The Morgan fingerprint density at radius 1 is 1.00 bits per heavy atom. The maximum Gasteiger partial charge on any atom is 0.334 e. The molecule has 2 aromatic rings. The smallest absolute Gasteiger partial charge is 0.334 e. The fourth-order valence-corrected chi connectivity index (χ4v) is 4.95. The number of nitrogens with zero attached hydrogens (tertiary/aromatic N) is 3. The average molecular weight is 584 g/mol. The summed E-state index contributed by atoms with van der Waals surface area (Å²) in [5.41, 5.74) is 1.06. The van der Waals surface area contributed by atoms with Gasteiger partial charge in [0, 0.05) is 25.8 Å². The van der Waals surface area contributed by atoms with Crippen molar-refractivity contribution in [2.24, 2.45) is 5.92 Å². The van der Waals surface area contributed by atoms with Crippen molar-refractivity contribution in [1.29, 1.82) is 0 Å². The quantitative estimate of drug-likeness (QED) is 0.384. The summed E-state index contributed by atoms with van der Waals surface area (Å²) in [6.45, 7) is 4.36. The number of methoxy groups -OCH3 is 3. The molecule has 2 unspecified atom stereocenters. The van der Waals surface area contributed by atoms with Gasteiger partial charge in [0.2, 0.25) is 5.91 Å². The Kier molecular flexibility index (Phi) is 10.7. The normalized spacial score (nSPS) is 16.5. The molecule has 2 aromatic carbocycles. The molecular formula is C30H37N3O9. The van der Waals surface area contributed by atoms with Gasteiger partial charge in [0.25, 0.3) is 11.8 Å². The summed E-state index contributed by atoms with van der Waals surface area (Å²) in [7, 11) is 4.26. The van der Waals surface area contributed by atoms with Crippen LogP contribution in [0.3, 0.4) is 0 Å².